The largest absolute Gasteiger partial charge is 0.468 e. The number of hydrogen-bond donors (Lipinski definition) is 0. The van der Waals surface area contributed by atoms with Crippen LogP contribution < -0.4 is 4.74 Å². The molecule has 1 saturated heterocycles. The molecule has 0 N–H and O–H groups in total. The fourth-order valence-electron chi connectivity index (χ4n) is 3.42. The number of amides is 2. The van der Waals surface area contributed by atoms with Gasteiger partial charge in [-0.25, -0.2) is 4.39 Å². The first-order valence-electron chi connectivity index (χ1n) is 9.36. The molecule has 7 heteroatoms. The fraction of sp³-hybridized carbons (Fsp3) is 0.429. The van der Waals surface area contributed by atoms with Crippen LogP contribution in [-0.4, -0.2) is 47.9 Å². The molecule has 1 aromatic heterocycles. The summed E-state index contributed by atoms with van der Waals surface area (Å²) in [5, 5.41) is 0. The van der Waals surface area contributed by atoms with Gasteiger partial charge < -0.3 is 19.0 Å². The van der Waals surface area contributed by atoms with Crippen LogP contribution in [0.25, 0.3) is 0 Å². The van der Waals surface area contributed by atoms with Gasteiger partial charge in [0.15, 0.2) is 5.76 Å². The maximum Gasteiger partial charge on any atom is 0.289 e. The van der Waals surface area contributed by atoms with Crippen LogP contribution >= 0.6 is 0 Å². The SMILES string of the molecule is COc1ccc(C(=O)N2CCC(=O)N(Cc3ccc(F)cc3)[C@@H](C(C)C)C2)o1. The van der Waals surface area contributed by atoms with E-state index in [0.29, 0.717) is 19.6 Å². The molecule has 2 heterocycles. The molecule has 0 aliphatic carbocycles. The minimum atomic E-state index is -0.308. The maximum absolute atomic E-state index is 13.2. The second-order valence-corrected chi connectivity index (χ2v) is 7.28. The van der Waals surface area contributed by atoms with Gasteiger partial charge in [-0.05, 0) is 29.7 Å². The van der Waals surface area contributed by atoms with Crippen LogP contribution in [0.3, 0.4) is 0 Å². The summed E-state index contributed by atoms with van der Waals surface area (Å²) in [7, 11) is 1.47. The number of nitrogens with zero attached hydrogens (tertiary/aromatic N) is 2. The van der Waals surface area contributed by atoms with Gasteiger partial charge in [-0.15, -0.1) is 0 Å². The number of hydrogen-bond acceptors (Lipinski definition) is 4. The summed E-state index contributed by atoms with van der Waals surface area (Å²) < 4.78 is 23.6. The first-order valence-corrected chi connectivity index (χ1v) is 9.36. The van der Waals surface area contributed by atoms with E-state index in [4.69, 9.17) is 9.15 Å². The van der Waals surface area contributed by atoms with E-state index in [1.54, 1.807) is 34.1 Å². The summed E-state index contributed by atoms with van der Waals surface area (Å²) in [6, 6.07) is 9.17. The lowest BCUT2D eigenvalue weighted by Crippen LogP contribution is -2.47. The molecule has 0 unspecified atom stereocenters. The molecule has 28 heavy (non-hydrogen) atoms. The summed E-state index contributed by atoms with van der Waals surface area (Å²) in [5.41, 5.74) is 0.857. The van der Waals surface area contributed by atoms with Crippen LogP contribution in [-0.2, 0) is 11.3 Å². The van der Waals surface area contributed by atoms with Gasteiger partial charge in [0.1, 0.15) is 5.82 Å². The molecule has 0 bridgehead atoms. The first kappa shape index (κ1) is 19.9. The van der Waals surface area contributed by atoms with Crippen molar-refractivity contribution in [1.82, 2.24) is 9.80 Å². The number of carbonyl (C=O) groups excluding carboxylic acids is 2. The van der Waals surface area contributed by atoms with Crippen molar-refractivity contribution in [2.24, 2.45) is 5.92 Å². The van der Waals surface area contributed by atoms with Crippen LogP contribution in [0.2, 0.25) is 0 Å². The second-order valence-electron chi connectivity index (χ2n) is 7.28. The van der Waals surface area contributed by atoms with E-state index >= 15 is 0 Å². The average Bonchev–Trinajstić information content (AvgIpc) is 3.10. The smallest absolute Gasteiger partial charge is 0.289 e. The Kier molecular flexibility index (Phi) is 6.02. The van der Waals surface area contributed by atoms with Gasteiger partial charge in [0.2, 0.25) is 5.91 Å². The van der Waals surface area contributed by atoms with E-state index in [9.17, 15) is 14.0 Å². The standard InChI is InChI=1S/C21H25FN2O4/c1-14(2)17-13-23(21(26)18-8-9-20(27-3)28-18)11-10-19(25)24(17)12-15-4-6-16(22)7-5-15/h4-9,14,17H,10-13H2,1-3H3/t17-/m1/s1. The highest BCUT2D eigenvalue weighted by Gasteiger charge is 2.34. The minimum Gasteiger partial charge on any atom is -0.468 e. The van der Waals surface area contributed by atoms with E-state index < -0.39 is 0 Å². The highest BCUT2D eigenvalue weighted by Crippen LogP contribution is 2.23. The Bertz CT molecular complexity index is 831. The van der Waals surface area contributed by atoms with Gasteiger partial charge >= 0.3 is 0 Å². The topological polar surface area (TPSA) is 63.0 Å². The third-order valence-electron chi connectivity index (χ3n) is 5.04. The monoisotopic (exact) mass is 388 g/mol. The molecule has 1 atom stereocenters. The zero-order chi connectivity index (χ0) is 20.3. The minimum absolute atomic E-state index is 0.0182. The van der Waals surface area contributed by atoms with Crippen LogP contribution in [0.5, 0.6) is 5.95 Å². The molecule has 2 amide bonds. The summed E-state index contributed by atoms with van der Waals surface area (Å²) in [6.07, 6.45) is 0.230. The van der Waals surface area contributed by atoms with Crippen molar-refractivity contribution >= 4 is 11.8 Å². The highest BCUT2D eigenvalue weighted by atomic mass is 19.1. The van der Waals surface area contributed by atoms with E-state index in [2.05, 4.69) is 0 Å². The Labute approximate surface area is 163 Å². The number of halogens is 1. The highest BCUT2D eigenvalue weighted by molar-refractivity contribution is 5.92. The molecule has 0 radical (unpaired) electrons. The molecule has 6 nitrogen and oxygen atoms in total. The Balaban J connectivity index is 1.80. The molecule has 1 aromatic carbocycles. The Morgan fingerprint density at radius 1 is 1.25 bits per heavy atom. The van der Waals surface area contributed by atoms with E-state index in [-0.39, 0.29) is 47.7 Å². The van der Waals surface area contributed by atoms with Crippen molar-refractivity contribution in [3.63, 3.8) is 0 Å². The van der Waals surface area contributed by atoms with Gasteiger partial charge in [-0.1, -0.05) is 26.0 Å². The van der Waals surface area contributed by atoms with Crippen LogP contribution in [0, 0.1) is 11.7 Å². The van der Waals surface area contributed by atoms with Crippen molar-refractivity contribution in [2.75, 3.05) is 20.2 Å². The van der Waals surface area contributed by atoms with Gasteiger partial charge in [0, 0.05) is 32.1 Å². The number of carbonyl (C=O) groups is 2. The van der Waals surface area contributed by atoms with Gasteiger partial charge in [0.25, 0.3) is 11.9 Å². The van der Waals surface area contributed by atoms with Crippen LogP contribution in [0.1, 0.15) is 36.4 Å². The van der Waals surface area contributed by atoms with Crippen LogP contribution in [0.4, 0.5) is 4.39 Å². The van der Waals surface area contributed by atoms with Crippen molar-refractivity contribution < 1.29 is 23.1 Å². The van der Waals surface area contributed by atoms with E-state index in [1.165, 1.54) is 19.2 Å². The van der Waals surface area contributed by atoms with Crippen LogP contribution in [0.15, 0.2) is 40.8 Å². The third-order valence-corrected chi connectivity index (χ3v) is 5.04. The number of methoxy groups -OCH3 is 1. The molecule has 0 saturated carbocycles. The molecule has 150 valence electrons. The predicted molar refractivity (Wildman–Crippen MR) is 101 cm³/mol. The summed E-state index contributed by atoms with van der Waals surface area (Å²) in [6.45, 7) is 5.17. The van der Waals surface area contributed by atoms with Gasteiger partial charge in [0.05, 0.1) is 13.2 Å². The number of rotatable bonds is 5. The first-order chi connectivity index (χ1) is 13.4. The summed E-state index contributed by atoms with van der Waals surface area (Å²) in [4.78, 5) is 29.1. The molecule has 0 spiro atoms. The second kappa shape index (κ2) is 8.46. The lowest BCUT2D eigenvalue weighted by molar-refractivity contribution is -0.134. The van der Waals surface area contributed by atoms with Gasteiger partial charge in [-0.2, -0.15) is 0 Å². The lowest BCUT2D eigenvalue weighted by Gasteiger charge is -2.34. The van der Waals surface area contributed by atoms with Gasteiger partial charge in [-0.3, -0.25) is 9.59 Å². The summed E-state index contributed by atoms with van der Waals surface area (Å²) >= 11 is 0. The predicted octanol–water partition coefficient (Wildman–Crippen LogP) is 3.33. The van der Waals surface area contributed by atoms with E-state index in [1.807, 2.05) is 13.8 Å². The fourth-order valence-corrected chi connectivity index (χ4v) is 3.42. The van der Waals surface area contributed by atoms with Crippen molar-refractivity contribution in [3.8, 4) is 5.95 Å². The van der Waals surface area contributed by atoms with Crippen molar-refractivity contribution in [3.05, 3.63) is 53.5 Å². The summed E-state index contributed by atoms with van der Waals surface area (Å²) in [5.74, 6) is 0.0213. The third kappa shape index (κ3) is 4.35. The Hall–Kier alpha value is -2.83. The normalized spacial score (nSPS) is 17.8. The number of benzene rings is 1. The Morgan fingerprint density at radius 2 is 1.96 bits per heavy atom. The molecule has 1 fully saturated rings. The molecule has 1 aliphatic rings. The zero-order valence-electron chi connectivity index (χ0n) is 16.4. The molecule has 1 aliphatic heterocycles. The van der Waals surface area contributed by atoms with E-state index in [0.717, 1.165) is 5.56 Å². The number of ether oxygens (including phenoxy) is 1. The molecule has 2 aromatic rings. The quantitative estimate of drug-likeness (QED) is 0.788. The Morgan fingerprint density at radius 3 is 2.57 bits per heavy atom. The zero-order valence-corrected chi connectivity index (χ0v) is 16.4. The van der Waals surface area contributed by atoms with Crippen molar-refractivity contribution in [2.45, 2.75) is 32.9 Å². The molecular weight excluding hydrogens is 363 g/mol. The average molecular weight is 388 g/mol. The van der Waals surface area contributed by atoms with Crippen molar-refractivity contribution in [1.29, 1.82) is 0 Å². The molecular formula is C21H25FN2O4. The maximum atomic E-state index is 13.2. The number of furan rings is 1. The lowest BCUT2D eigenvalue weighted by atomic mass is 10.0. The molecule has 3 rings (SSSR count).